The van der Waals surface area contributed by atoms with E-state index in [9.17, 15) is 13.2 Å². The lowest BCUT2D eigenvalue weighted by molar-refractivity contribution is -0.129. The number of hydrogen-bond acceptors (Lipinski definition) is 5. The maximum absolute atomic E-state index is 12.4. The number of ether oxygens (including phenoxy) is 2. The third kappa shape index (κ3) is 4.21. The molecule has 2 aromatic carbocycles. The Kier molecular flexibility index (Phi) is 5.55. The first kappa shape index (κ1) is 18.4. The second-order valence-electron chi connectivity index (χ2n) is 5.80. The maximum atomic E-state index is 12.4. The Balaban J connectivity index is 1.64. The monoisotopic (exact) mass is 376 g/mol. The van der Waals surface area contributed by atoms with Gasteiger partial charge in [-0.25, -0.2) is 13.1 Å². The number of amides is 1. The number of carbonyl (C=O) groups is 1. The molecule has 0 aliphatic carbocycles. The van der Waals surface area contributed by atoms with Crippen LogP contribution in [0.1, 0.15) is 0 Å². The lowest BCUT2D eigenvalue weighted by Gasteiger charge is -2.32. The Morgan fingerprint density at radius 2 is 1.85 bits per heavy atom. The molecule has 2 aromatic rings. The van der Waals surface area contributed by atoms with Crippen molar-refractivity contribution in [1.29, 1.82) is 0 Å². The summed E-state index contributed by atoms with van der Waals surface area (Å²) in [6.07, 6.45) is -0.430. The van der Waals surface area contributed by atoms with Gasteiger partial charge in [0.25, 0.3) is 5.91 Å². The van der Waals surface area contributed by atoms with E-state index in [1.807, 2.05) is 30.3 Å². The normalized spacial score (nSPS) is 18.0. The first-order valence-corrected chi connectivity index (χ1v) is 9.58. The minimum absolute atomic E-state index is 0.0744. The summed E-state index contributed by atoms with van der Waals surface area (Å²) in [5.41, 5.74) is 0.767. The number of benzene rings is 2. The van der Waals surface area contributed by atoms with Crippen molar-refractivity contribution >= 4 is 21.6 Å². The van der Waals surface area contributed by atoms with Gasteiger partial charge in [-0.2, -0.15) is 0 Å². The molecule has 7 nitrogen and oxygen atoms in total. The lowest BCUT2D eigenvalue weighted by atomic mass is 10.2. The molecule has 0 radical (unpaired) electrons. The van der Waals surface area contributed by atoms with Crippen LogP contribution in [0, 0.1) is 0 Å². The number of nitrogens with one attached hydrogen (secondary N) is 1. The summed E-state index contributed by atoms with van der Waals surface area (Å²) >= 11 is 0. The molecule has 1 N–H and O–H groups in total. The van der Waals surface area contributed by atoms with E-state index in [4.69, 9.17) is 9.47 Å². The van der Waals surface area contributed by atoms with Gasteiger partial charge in [0.2, 0.25) is 10.0 Å². The number of nitrogens with zero attached hydrogens (tertiary/aromatic N) is 1. The SMILES string of the molecule is COc1ccc(S(=O)(=O)NCC2CN(c3ccccc3)C(=O)CO2)cc1. The summed E-state index contributed by atoms with van der Waals surface area (Å²) in [6, 6.07) is 15.4. The molecular formula is C18H20N2O5S. The van der Waals surface area contributed by atoms with Crippen molar-refractivity contribution in [2.45, 2.75) is 11.0 Å². The molecule has 1 saturated heterocycles. The first-order valence-electron chi connectivity index (χ1n) is 8.10. The summed E-state index contributed by atoms with van der Waals surface area (Å²) in [4.78, 5) is 13.8. The van der Waals surface area contributed by atoms with E-state index in [0.717, 1.165) is 5.69 Å². The number of sulfonamides is 1. The van der Waals surface area contributed by atoms with Crippen LogP contribution in [0.5, 0.6) is 5.75 Å². The van der Waals surface area contributed by atoms with Crippen LogP contribution in [0.3, 0.4) is 0 Å². The van der Waals surface area contributed by atoms with Crippen molar-refractivity contribution in [3.8, 4) is 5.75 Å². The fourth-order valence-electron chi connectivity index (χ4n) is 2.65. The molecule has 1 aliphatic rings. The van der Waals surface area contributed by atoms with Gasteiger partial charge in [-0.1, -0.05) is 18.2 Å². The van der Waals surface area contributed by atoms with Crippen LogP contribution in [0.15, 0.2) is 59.5 Å². The van der Waals surface area contributed by atoms with Crippen LogP contribution < -0.4 is 14.4 Å². The fourth-order valence-corrected chi connectivity index (χ4v) is 3.71. The summed E-state index contributed by atoms with van der Waals surface area (Å²) in [5.74, 6) is 0.432. The van der Waals surface area contributed by atoms with Gasteiger partial charge in [0.15, 0.2) is 0 Å². The molecule has 1 amide bonds. The van der Waals surface area contributed by atoms with Gasteiger partial charge in [-0.3, -0.25) is 4.79 Å². The van der Waals surface area contributed by atoms with Crippen molar-refractivity contribution in [1.82, 2.24) is 4.72 Å². The highest BCUT2D eigenvalue weighted by atomic mass is 32.2. The third-order valence-electron chi connectivity index (χ3n) is 4.07. The van der Waals surface area contributed by atoms with E-state index in [0.29, 0.717) is 5.75 Å². The van der Waals surface area contributed by atoms with Gasteiger partial charge in [0, 0.05) is 12.2 Å². The minimum Gasteiger partial charge on any atom is -0.497 e. The van der Waals surface area contributed by atoms with Crippen LogP contribution in [-0.4, -0.2) is 47.2 Å². The van der Waals surface area contributed by atoms with Gasteiger partial charge in [0.1, 0.15) is 12.4 Å². The van der Waals surface area contributed by atoms with E-state index < -0.39 is 16.1 Å². The Bertz CT molecular complexity index is 853. The van der Waals surface area contributed by atoms with E-state index in [1.165, 1.54) is 19.2 Å². The average molecular weight is 376 g/mol. The topological polar surface area (TPSA) is 84.9 Å². The molecule has 3 rings (SSSR count). The predicted octanol–water partition coefficient (Wildman–Crippen LogP) is 1.41. The number of hydrogen-bond donors (Lipinski definition) is 1. The third-order valence-corrected chi connectivity index (χ3v) is 5.51. The first-order chi connectivity index (χ1) is 12.5. The van der Waals surface area contributed by atoms with Crippen molar-refractivity contribution < 1.29 is 22.7 Å². The maximum Gasteiger partial charge on any atom is 0.253 e. The summed E-state index contributed by atoms with van der Waals surface area (Å²) in [5, 5.41) is 0. The molecule has 1 fully saturated rings. The Morgan fingerprint density at radius 1 is 1.15 bits per heavy atom. The smallest absolute Gasteiger partial charge is 0.253 e. The minimum atomic E-state index is -3.67. The molecule has 1 aliphatic heterocycles. The molecule has 1 atom stereocenters. The summed E-state index contributed by atoms with van der Waals surface area (Å²) < 4.78 is 37.8. The highest BCUT2D eigenvalue weighted by Crippen LogP contribution is 2.19. The Hall–Kier alpha value is -2.42. The van der Waals surface area contributed by atoms with E-state index in [-0.39, 0.29) is 30.5 Å². The zero-order valence-electron chi connectivity index (χ0n) is 14.3. The van der Waals surface area contributed by atoms with E-state index in [2.05, 4.69) is 4.72 Å². The predicted molar refractivity (Wildman–Crippen MR) is 96.7 cm³/mol. The summed E-state index contributed by atoms with van der Waals surface area (Å²) in [7, 11) is -2.15. The lowest BCUT2D eigenvalue weighted by Crippen LogP contribution is -2.50. The summed E-state index contributed by atoms with van der Waals surface area (Å²) in [6.45, 7) is 0.281. The van der Waals surface area contributed by atoms with Gasteiger partial charge in [-0.05, 0) is 36.4 Å². The molecule has 138 valence electrons. The zero-order valence-corrected chi connectivity index (χ0v) is 15.1. The number of methoxy groups -OCH3 is 1. The number of morpholine rings is 1. The van der Waals surface area contributed by atoms with Crippen LogP contribution in [-0.2, 0) is 19.6 Å². The largest absolute Gasteiger partial charge is 0.497 e. The number of rotatable bonds is 6. The number of para-hydroxylation sites is 1. The van der Waals surface area contributed by atoms with Crippen molar-refractivity contribution in [3.63, 3.8) is 0 Å². The molecule has 8 heteroatoms. The highest BCUT2D eigenvalue weighted by molar-refractivity contribution is 7.89. The van der Waals surface area contributed by atoms with Gasteiger partial charge in [0.05, 0.1) is 24.7 Å². The quantitative estimate of drug-likeness (QED) is 0.824. The Morgan fingerprint density at radius 3 is 2.50 bits per heavy atom. The van der Waals surface area contributed by atoms with Gasteiger partial charge < -0.3 is 14.4 Å². The van der Waals surface area contributed by atoms with Crippen molar-refractivity contribution in [3.05, 3.63) is 54.6 Å². The number of anilines is 1. The highest BCUT2D eigenvalue weighted by Gasteiger charge is 2.28. The Labute approximate surface area is 152 Å². The van der Waals surface area contributed by atoms with Crippen molar-refractivity contribution in [2.24, 2.45) is 0 Å². The average Bonchev–Trinajstić information content (AvgIpc) is 2.68. The van der Waals surface area contributed by atoms with Gasteiger partial charge >= 0.3 is 0 Å². The van der Waals surface area contributed by atoms with Crippen LogP contribution >= 0.6 is 0 Å². The van der Waals surface area contributed by atoms with Crippen LogP contribution in [0.2, 0.25) is 0 Å². The van der Waals surface area contributed by atoms with Crippen LogP contribution in [0.25, 0.3) is 0 Å². The van der Waals surface area contributed by atoms with Gasteiger partial charge in [-0.15, -0.1) is 0 Å². The zero-order chi connectivity index (χ0) is 18.6. The van der Waals surface area contributed by atoms with E-state index >= 15 is 0 Å². The molecule has 26 heavy (non-hydrogen) atoms. The second-order valence-corrected chi connectivity index (χ2v) is 7.57. The molecule has 0 spiro atoms. The molecule has 0 saturated carbocycles. The number of carbonyl (C=O) groups excluding carboxylic acids is 1. The standard InChI is InChI=1S/C18H20N2O5S/c1-24-15-7-9-17(10-8-15)26(22,23)19-11-16-12-20(18(21)13-25-16)14-5-3-2-4-6-14/h2-10,16,19H,11-13H2,1H3. The molecule has 0 aromatic heterocycles. The van der Waals surface area contributed by atoms with Crippen LogP contribution in [0.4, 0.5) is 5.69 Å². The second kappa shape index (κ2) is 7.86. The molecule has 0 bridgehead atoms. The fraction of sp³-hybridized carbons (Fsp3) is 0.278. The van der Waals surface area contributed by atoms with E-state index in [1.54, 1.807) is 17.0 Å². The molecule has 1 unspecified atom stereocenters. The van der Waals surface area contributed by atoms with Crippen molar-refractivity contribution in [2.75, 3.05) is 31.7 Å². The molecular weight excluding hydrogens is 356 g/mol. The molecule has 1 heterocycles.